The molecule has 2 heterocycles. The Labute approximate surface area is 135 Å². The Kier molecular flexibility index (Phi) is 3.86. The van der Waals surface area contributed by atoms with Gasteiger partial charge in [0.1, 0.15) is 5.54 Å². The minimum atomic E-state index is -1.00. The summed E-state index contributed by atoms with van der Waals surface area (Å²) in [5, 5.41) is 2.85. The number of rotatable bonds is 4. The lowest BCUT2D eigenvalue weighted by Crippen LogP contribution is -2.41. The first-order chi connectivity index (χ1) is 11.0. The van der Waals surface area contributed by atoms with Gasteiger partial charge in [-0.05, 0) is 43.0 Å². The molecule has 118 valence electrons. The lowest BCUT2D eigenvalue weighted by atomic mass is 9.88. The quantitative estimate of drug-likeness (QED) is 0.882. The minimum absolute atomic E-state index is 0.208. The van der Waals surface area contributed by atoms with E-state index in [1.165, 1.54) is 4.90 Å². The normalized spacial score (nSPS) is 20.7. The average Bonchev–Trinajstić information content (AvgIpc) is 2.77. The van der Waals surface area contributed by atoms with E-state index < -0.39 is 5.54 Å². The molecular formula is C18H19N3O2. The molecule has 1 aliphatic rings. The Bertz CT molecular complexity index is 745. The van der Waals surface area contributed by atoms with E-state index in [0.717, 1.165) is 16.7 Å². The molecule has 1 saturated heterocycles. The summed E-state index contributed by atoms with van der Waals surface area (Å²) in [5.41, 5.74) is 1.81. The number of imide groups is 1. The Hall–Kier alpha value is -2.69. The number of hydrogen-bond acceptors (Lipinski definition) is 3. The molecular weight excluding hydrogens is 290 g/mol. The maximum atomic E-state index is 12.8. The van der Waals surface area contributed by atoms with Gasteiger partial charge in [-0.25, -0.2) is 4.79 Å². The smallest absolute Gasteiger partial charge is 0.319 e. The van der Waals surface area contributed by atoms with Crippen LogP contribution in [-0.2, 0) is 16.8 Å². The van der Waals surface area contributed by atoms with Crippen molar-refractivity contribution in [2.24, 2.45) is 0 Å². The van der Waals surface area contributed by atoms with E-state index in [-0.39, 0.29) is 11.9 Å². The van der Waals surface area contributed by atoms with Crippen LogP contribution in [0, 0.1) is 6.92 Å². The van der Waals surface area contributed by atoms with Gasteiger partial charge in [-0.1, -0.05) is 30.3 Å². The number of hydrogen-bond donors (Lipinski definition) is 1. The molecule has 0 spiro atoms. The molecule has 0 bridgehead atoms. The highest BCUT2D eigenvalue weighted by Gasteiger charge is 2.49. The number of amides is 3. The summed E-state index contributed by atoms with van der Waals surface area (Å²) in [6.45, 7) is 4.05. The maximum absolute atomic E-state index is 12.8. The van der Waals surface area contributed by atoms with Crippen molar-refractivity contribution in [1.29, 1.82) is 0 Å². The number of aryl methyl sites for hydroxylation is 1. The van der Waals surface area contributed by atoms with E-state index in [4.69, 9.17) is 0 Å². The minimum Gasteiger partial charge on any atom is -0.319 e. The molecule has 5 heteroatoms. The summed E-state index contributed by atoms with van der Waals surface area (Å²) in [4.78, 5) is 30.5. The van der Waals surface area contributed by atoms with Crippen molar-refractivity contribution in [1.82, 2.24) is 15.2 Å². The summed E-state index contributed by atoms with van der Waals surface area (Å²) in [6.07, 6.45) is 4.04. The number of carbonyl (C=O) groups excluding carboxylic acids is 2. The number of benzene rings is 1. The zero-order chi connectivity index (χ0) is 16.4. The molecule has 3 rings (SSSR count). The highest BCUT2D eigenvalue weighted by Crippen LogP contribution is 2.30. The molecule has 0 saturated carbocycles. The fourth-order valence-corrected chi connectivity index (χ4v) is 3.00. The highest BCUT2D eigenvalue weighted by atomic mass is 16.2. The largest absolute Gasteiger partial charge is 0.325 e. The van der Waals surface area contributed by atoms with Crippen LogP contribution in [0.1, 0.15) is 23.6 Å². The van der Waals surface area contributed by atoms with E-state index in [2.05, 4.69) is 10.3 Å². The number of urea groups is 1. The average molecular weight is 309 g/mol. The predicted octanol–water partition coefficient (Wildman–Crippen LogP) is 2.40. The second kappa shape index (κ2) is 5.83. The SMILES string of the molecule is Cc1ccccc1[C@]1(C)NC(=O)N(CCc2cccnc2)C1=O. The molecule has 1 N–H and O–H groups in total. The third-order valence-corrected chi connectivity index (χ3v) is 4.31. The van der Waals surface area contributed by atoms with Gasteiger partial charge in [0.25, 0.3) is 5.91 Å². The van der Waals surface area contributed by atoms with Crippen LogP contribution in [-0.4, -0.2) is 28.4 Å². The molecule has 1 fully saturated rings. The Morgan fingerprint density at radius 3 is 2.65 bits per heavy atom. The van der Waals surface area contributed by atoms with E-state index in [9.17, 15) is 9.59 Å². The van der Waals surface area contributed by atoms with Gasteiger partial charge in [0.2, 0.25) is 0 Å². The van der Waals surface area contributed by atoms with E-state index >= 15 is 0 Å². The van der Waals surface area contributed by atoms with Crippen LogP contribution in [0.3, 0.4) is 0 Å². The first kappa shape index (κ1) is 15.2. The van der Waals surface area contributed by atoms with E-state index in [1.807, 2.05) is 43.3 Å². The van der Waals surface area contributed by atoms with Gasteiger partial charge in [-0.3, -0.25) is 14.7 Å². The highest BCUT2D eigenvalue weighted by molar-refractivity contribution is 6.07. The Morgan fingerprint density at radius 1 is 1.17 bits per heavy atom. The maximum Gasteiger partial charge on any atom is 0.325 e. The zero-order valence-corrected chi connectivity index (χ0v) is 13.2. The third-order valence-electron chi connectivity index (χ3n) is 4.31. The molecule has 0 unspecified atom stereocenters. The molecule has 1 aromatic carbocycles. The number of nitrogens with zero attached hydrogens (tertiary/aromatic N) is 2. The fraction of sp³-hybridized carbons (Fsp3) is 0.278. The first-order valence-electron chi connectivity index (χ1n) is 7.61. The second-order valence-electron chi connectivity index (χ2n) is 5.94. The number of carbonyl (C=O) groups is 2. The Balaban J connectivity index is 1.81. The summed E-state index contributed by atoms with van der Waals surface area (Å²) >= 11 is 0. The Morgan fingerprint density at radius 2 is 1.96 bits per heavy atom. The van der Waals surface area contributed by atoms with Crippen molar-refractivity contribution in [2.45, 2.75) is 25.8 Å². The van der Waals surface area contributed by atoms with Gasteiger partial charge in [0.05, 0.1) is 0 Å². The van der Waals surface area contributed by atoms with Gasteiger partial charge >= 0.3 is 6.03 Å². The third kappa shape index (κ3) is 2.70. The molecule has 2 aromatic rings. The predicted molar refractivity (Wildman–Crippen MR) is 86.7 cm³/mol. The van der Waals surface area contributed by atoms with E-state index in [0.29, 0.717) is 13.0 Å². The molecule has 1 atom stereocenters. The number of nitrogens with one attached hydrogen (secondary N) is 1. The van der Waals surface area contributed by atoms with Gasteiger partial charge < -0.3 is 5.32 Å². The van der Waals surface area contributed by atoms with Crippen molar-refractivity contribution < 1.29 is 9.59 Å². The lowest BCUT2D eigenvalue weighted by molar-refractivity contribution is -0.131. The van der Waals surface area contributed by atoms with Crippen LogP contribution in [0.15, 0.2) is 48.8 Å². The zero-order valence-electron chi connectivity index (χ0n) is 13.2. The number of pyridine rings is 1. The molecule has 1 aromatic heterocycles. The molecule has 0 radical (unpaired) electrons. The van der Waals surface area contributed by atoms with Crippen molar-refractivity contribution >= 4 is 11.9 Å². The molecule has 5 nitrogen and oxygen atoms in total. The van der Waals surface area contributed by atoms with Gasteiger partial charge in [-0.2, -0.15) is 0 Å². The van der Waals surface area contributed by atoms with Gasteiger partial charge in [0, 0.05) is 18.9 Å². The van der Waals surface area contributed by atoms with Crippen molar-refractivity contribution in [3.05, 3.63) is 65.5 Å². The van der Waals surface area contributed by atoms with Gasteiger partial charge in [-0.15, -0.1) is 0 Å². The molecule has 23 heavy (non-hydrogen) atoms. The summed E-state index contributed by atoms with van der Waals surface area (Å²) in [5.74, 6) is -0.208. The topological polar surface area (TPSA) is 62.3 Å². The number of aromatic nitrogens is 1. The second-order valence-corrected chi connectivity index (χ2v) is 5.94. The van der Waals surface area contributed by atoms with Crippen LogP contribution < -0.4 is 5.32 Å². The lowest BCUT2D eigenvalue weighted by Gasteiger charge is -2.24. The fourth-order valence-electron chi connectivity index (χ4n) is 3.00. The van der Waals surface area contributed by atoms with Crippen LogP contribution >= 0.6 is 0 Å². The summed E-state index contributed by atoms with van der Waals surface area (Å²) in [7, 11) is 0. The van der Waals surface area contributed by atoms with Crippen LogP contribution in [0.4, 0.5) is 4.79 Å². The van der Waals surface area contributed by atoms with Crippen LogP contribution in [0.25, 0.3) is 0 Å². The van der Waals surface area contributed by atoms with Crippen LogP contribution in [0.2, 0.25) is 0 Å². The standard InChI is InChI=1S/C18H19N3O2/c1-13-6-3-4-8-15(13)18(2)16(22)21(17(23)20-18)11-9-14-7-5-10-19-12-14/h3-8,10,12H,9,11H2,1-2H3,(H,20,23)/t18-/m0/s1. The van der Waals surface area contributed by atoms with Crippen molar-refractivity contribution in [2.75, 3.05) is 6.54 Å². The van der Waals surface area contributed by atoms with Crippen molar-refractivity contribution in [3.8, 4) is 0 Å². The molecule has 3 amide bonds. The molecule has 1 aliphatic heterocycles. The van der Waals surface area contributed by atoms with Crippen LogP contribution in [0.5, 0.6) is 0 Å². The van der Waals surface area contributed by atoms with Crippen molar-refractivity contribution in [3.63, 3.8) is 0 Å². The summed E-state index contributed by atoms with van der Waals surface area (Å²) < 4.78 is 0. The van der Waals surface area contributed by atoms with E-state index in [1.54, 1.807) is 19.3 Å². The van der Waals surface area contributed by atoms with Gasteiger partial charge in [0.15, 0.2) is 0 Å². The summed E-state index contributed by atoms with van der Waals surface area (Å²) in [6, 6.07) is 11.1. The molecule has 0 aliphatic carbocycles. The first-order valence-corrected chi connectivity index (χ1v) is 7.61. The monoisotopic (exact) mass is 309 g/mol.